The van der Waals surface area contributed by atoms with E-state index >= 15 is 0 Å². The van der Waals surface area contributed by atoms with E-state index in [2.05, 4.69) is 25.8 Å². The average Bonchev–Trinajstić information content (AvgIpc) is 2.85. The summed E-state index contributed by atoms with van der Waals surface area (Å²) in [6.45, 7) is 1.47. The van der Waals surface area contributed by atoms with Gasteiger partial charge in [0.25, 0.3) is 15.9 Å². The number of aryl methyl sites for hydroxylation is 1. The Balaban J connectivity index is 2.68. The third-order valence-corrected chi connectivity index (χ3v) is 4.09. The Morgan fingerprint density at radius 1 is 1.42 bits per heavy atom. The lowest BCUT2D eigenvalue weighted by Gasteiger charge is -2.17. The van der Waals surface area contributed by atoms with Gasteiger partial charge in [0.05, 0.1) is 24.6 Å². The Morgan fingerprint density at radius 2 is 2.08 bits per heavy atom. The fourth-order valence-corrected chi connectivity index (χ4v) is 2.95. The predicted molar refractivity (Wildman–Crippen MR) is 84.5 cm³/mol. The summed E-state index contributed by atoms with van der Waals surface area (Å²) in [5.74, 6) is -1.97. The highest BCUT2D eigenvalue weighted by Gasteiger charge is 2.33. The van der Waals surface area contributed by atoms with Crippen molar-refractivity contribution in [2.75, 3.05) is 13.4 Å². The van der Waals surface area contributed by atoms with Crippen LogP contribution in [0.3, 0.4) is 0 Å². The Hall–Kier alpha value is -1.78. The van der Waals surface area contributed by atoms with Gasteiger partial charge < -0.3 is 9.26 Å². The van der Waals surface area contributed by atoms with Crippen LogP contribution in [0.1, 0.15) is 33.5 Å². The highest BCUT2D eigenvalue weighted by Crippen LogP contribution is 2.35. The zero-order valence-corrected chi connectivity index (χ0v) is 15.3. The third kappa shape index (κ3) is 4.00. The molecule has 1 heterocycles. The highest BCUT2D eigenvalue weighted by atomic mass is 79.9. The van der Waals surface area contributed by atoms with Gasteiger partial charge in [-0.25, -0.2) is 9.18 Å². The molecule has 0 radical (unpaired) electrons. The maximum absolute atomic E-state index is 14.3. The van der Waals surface area contributed by atoms with E-state index in [-0.39, 0.29) is 22.6 Å². The third-order valence-electron chi connectivity index (χ3n) is 3.06. The molecular formula is C14H13BrFNO6S. The van der Waals surface area contributed by atoms with Crippen molar-refractivity contribution in [3.05, 3.63) is 51.1 Å². The molecular weight excluding hydrogens is 409 g/mol. The van der Waals surface area contributed by atoms with Crippen LogP contribution in [-0.4, -0.2) is 32.9 Å². The summed E-state index contributed by atoms with van der Waals surface area (Å²) in [7, 11) is -2.87. The molecule has 0 aliphatic heterocycles. The number of aromatic nitrogens is 1. The number of esters is 1. The van der Waals surface area contributed by atoms with Crippen LogP contribution in [0.2, 0.25) is 0 Å². The van der Waals surface area contributed by atoms with Crippen molar-refractivity contribution in [2.24, 2.45) is 0 Å². The number of rotatable bonds is 5. The van der Waals surface area contributed by atoms with Gasteiger partial charge in [-0.05, 0) is 19.1 Å². The number of nitrogens with zero attached hydrogens (tertiary/aromatic N) is 1. The average molecular weight is 422 g/mol. The number of ether oxygens (including phenoxy) is 1. The molecule has 0 aliphatic carbocycles. The van der Waals surface area contributed by atoms with Crippen molar-refractivity contribution in [2.45, 2.75) is 13.0 Å². The molecule has 0 amide bonds. The number of hydrogen-bond acceptors (Lipinski definition) is 7. The van der Waals surface area contributed by atoms with Crippen LogP contribution in [0.25, 0.3) is 0 Å². The molecule has 0 fully saturated rings. The van der Waals surface area contributed by atoms with Crippen molar-refractivity contribution in [3.63, 3.8) is 0 Å². The Bertz CT molecular complexity index is 879. The molecule has 7 nitrogen and oxygen atoms in total. The minimum atomic E-state index is -3.99. The number of hydrogen-bond donors (Lipinski definition) is 0. The van der Waals surface area contributed by atoms with E-state index in [0.717, 1.165) is 19.4 Å². The molecule has 0 saturated heterocycles. The highest BCUT2D eigenvalue weighted by molar-refractivity contribution is 9.10. The number of carbonyl (C=O) groups excluding carboxylic acids is 1. The zero-order chi connectivity index (χ0) is 18.1. The topological polar surface area (TPSA) is 95.7 Å². The fraction of sp³-hybridized carbons (Fsp3) is 0.286. The first-order chi connectivity index (χ1) is 11.1. The maximum Gasteiger partial charge on any atom is 0.377 e. The van der Waals surface area contributed by atoms with Crippen molar-refractivity contribution in [3.8, 4) is 0 Å². The SMILES string of the molecule is COC(=O)c1onc(C)c1C(OS(C)(=O)=O)c1ccc(Br)cc1F. The van der Waals surface area contributed by atoms with E-state index in [0.29, 0.717) is 4.47 Å². The second-order valence-electron chi connectivity index (χ2n) is 4.85. The normalized spacial score (nSPS) is 12.9. The van der Waals surface area contributed by atoms with E-state index in [9.17, 15) is 17.6 Å². The zero-order valence-electron chi connectivity index (χ0n) is 12.9. The van der Waals surface area contributed by atoms with E-state index in [4.69, 9.17) is 8.71 Å². The Labute approximate surface area is 146 Å². The van der Waals surface area contributed by atoms with Crippen LogP contribution in [0.15, 0.2) is 27.2 Å². The first-order valence-electron chi connectivity index (χ1n) is 6.51. The maximum atomic E-state index is 14.3. The van der Waals surface area contributed by atoms with E-state index in [1.54, 1.807) is 0 Å². The summed E-state index contributed by atoms with van der Waals surface area (Å²) < 4.78 is 52.5. The first-order valence-corrected chi connectivity index (χ1v) is 9.12. The van der Waals surface area contributed by atoms with Gasteiger partial charge in [0, 0.05) is 10.0 Å². The van der Waals surface area contributed by atoms with Crippen LogP contribution < -0.4 is 0 Å². The van der Waals surface area contributed by atoms with Gasteiger partial charge in [0.15, 0.2) is 0 Å². The van der Waals surface area contributed by atoms with E-state index < -0.39 is 28.0 Å². The monoisotopic (exact) mass is 421 g/mol. The van der Waals surface area contributed by atoms with Gasteiger partial charge >= 0.3 is 5.97 Å². The molecule has 1 aromatic heterocycles. The molecule has 0 N–H and O–H groups in total. The number of halogens is 2. The van der Waals surface area contributed by atoms with Gasteiger partial charge in [-0.1, -0.05) is 27.2 Å². The van der Waals surface area contributed by atoms with Crippen molar-refractivity contribution < 1.29 is 31.0 Å². The lowest BCUT2D eigenvalue weighted by molar-refractivity contribution is 0.0548. The summed E-state index contributed by atoms with van der Waals surface area (Å²) in [5.41, 5.74) is 0.0555. The summed E-state index contributed by atoms with van der Waals surface area (Å²) in [4.78, 5) is 11.8. The molecule has 0 saturated carbocycles. The fourth-order valence-electron chi connectivity index (χ4n) is 2.07. The van der Waals surface area contributed by atoms with Crippen molar-refractivity contribution in [1.29, 1.82) is 0 Å². The molecule has 1 aromatic carbocycles. The quantitative estimate of drug-likeness (QED) is 0.540. The van der Waals surface area contributed by atoms with Crippen LogP contribution >= 0.6 is 15.9 Å². The van der Waals surface area contributed by atoms with E-state index in [1.165, 1.54) is 19.1 Å². The second kappa shape index (κ2) is 6.99. The molecule has 1 unspecified atom stereocenters. The van der Waals surface area contributed by atoms with Gasteiger partial charge in [-0.2, -0.15) is 8.42 Å². The summed E-state index contributed by atoms with van der Waals surface area (Å²) >= 11 is 3.11. The van der Waals surface area contributed by atoms with Crippen LogP contribution in [0, 0.1) is 12.7 Å². The summed E-state index contributed by atoms with van der Waals surface area (Å²) in [6, 6.07) is 4.00. The standard InChI is InChI=1S/C14H13BrFNO6S/c1-7-11(13(22-17-7)14(18)21-2)12(23-24(3,19)20)9-5-4-8(15)6-10(9)16/h4-6,12H,1-3H3. The van der Waals surface area contributed by atoms with Crippen LogP contribution in [0.4, 0.5) is 4.39 Å². The second-order valence-corrected chi connectivity index (χ2v) is 7.36. The molecule has 130 valence electrons. The van der Waals surface area contributed by atoms with E-state index in [1.807, 2.05) is 0 Å². The Morgan fingerprint density at radius 3 is 2.62 bits per heavy atom. The minimum Gasteiger partial charge on any atom is -0.463 e. The predicted octanol–water partition coefficient (Wildman–Crippen LogP) is 2.74. The molecule has 2 rings (SSSR count). The first kappa shape index (κ1) is 18.6. The minimum absolute atomic E-state index is 0.0199. The number of methoxy groups -OCH3 is 1. The lowest BCUT2D eigenvalue weighted by Crippen LogP contribution is -2.17. The smallest absolute Gasteiger partial charge is 0.377 e. The van der Waals surface area contributed by atoms with Gasteiger partial charge in [0.2, 0.25) is 0 Å². The molecule has 2 aromatic rings. The van der Waals surface area contributed by atoms with Crippen LogP contribution in [0.5, 0.6) is 0 Å². The molecule has 10 heteroatoms. The molecule has 0 spiro atoms. The summed E-state index contributed by atoms with van der Waals surface area (Å²) in [5, 5.41) is 3.63. The molecule has 0 bridgehead atoms. The van der Waals surface area contributed by atoms with Gasteiger partial charge in [-0.3, -0.25) is 4.18 Å². The lowest BCUT2D eigenvalue weighted by atomic mass is 9.99. The largest absolute Gasteiger partial charge is 0.463 e. The molecule has 0 aliphatic rings. The number of carbonyl (C=O) groups is 1. The van der Waals surface area contributed by atoms with Crippen LogP contribution in [-0.2, 0) is 19.0 Å². The Kier molecular flexibility index (Phi) is 5.41. The molecule has 24 heavy (non-hydrogen) atoms. The summed E-state index contributed by atoms with van der Waals surface area (Å²) in [6.07, 6.45) is -0.634. The van der Waals surface area contributed by atoms with Gasteiger partial charge in [-0.15, -0.1) is 0 Å². The van der Waals surface area contributed by atoms with Crippen molar-refractivity contribution in [1.82, 2.24) is 5.16 Å². The molecule has 1 atom stereocenters. The van der Waals surface area contributed by atoms with Gasteiger partial charge in [0.1, 0.15) is 11.9 Å². The number of benzene rings is 1. The van der Waals surface area contributed by atoms with Crippen molar-refractivity contribution >= 4 is 32.0 Å².